The molecule has 6 nitrogen and oxygen atoms in total. The second-order valence-electron chi connectivity index (χ2n) is 7.31. The largest absolute Gasteiger partial charge is 0.496 e. The minimum Gasteiger partial charge on any atom is -0.496 e. The molecule has 2 atom stereocenters. The molecule has 3 heterocycles. The maximum Gasteiger partial charge on any atom is 0.255 e. The first-order valence-electron chi connectivity index (χ1n) is 9.35. The molecule has 1 amide bonds. The zero-order valence-electron chi connectivity index (χ0n) is 15.7. The first kappa shape index (κ1) is 19.5. The van der Waals surface area contributed by atoms with E-state index in [1.807, 2.05) is 0 Å². The summed E-state index contributed by atoms with van der Waals surface area (Å²) >= 11 is 7.89. The van der Waals surface area contributed by atoms with Gasteiger partial charge in [-0.3, -0.25) is 9.69 Å². The Bertz CT molecular complexity index is 831. The Balaban J connectivity index is 1.45. The minimum atomic E-state index is -0.186. The molecule has 2 unspecified atom stereocenters. The van der Waals surface area contributed by atoms with Gasteiger partial charge in [-0.25, -0.2) is 0 Å². The van der Waals surface area contributed by atoms with E-state index in [0.29, 0.717) is 47.3 Å². The number of hydrogen-bond acceptors (Lipinski definition) is 6. The Morgan fingerprint density at radius 1 is 1.39 bits per heavy atom. The number of methoxy groups -OCH3 is 1. The molecule has 28 heavy (non-hydrogen) atoms. The quantitative estimate of drug-likeness (QED) is 0.725. The first-order valence-corrected chi connectivity index (χ1v) is 10.6. The highest BCUT2D eigenvalue weighted by Gasteiger charge is 2.39. The average molecular weight is 422 g/mol. The average Bonchev–Trinajstić information content (AvgIpc) is 3.17. The van der Waals surface area contributed by atoms with Gasteiger partial charge in [-0.1, -0.05) is 17.7 Å². The van der Waals surface area contributed by atoms with Crippen molar-refractivity contribution in [2.45, 2.75) is 37.5 Å². The predicted octanol–water partition coefficient (Wildman–Crippen LogP) is 3.15. The molecule has 2 fully saturated rings. The molecule has 0 spiro atoms. The molecule has 2 aromatic rings. The number of amides is 1. The topological polar surface area (TPSA) is 76.8 Å². The van der Waals surface area contributed by atoms with Gasteiger partial charge in [-0.2, -0.15) is 0 Å². The van der Waals surface area contributed by atoms with Gasteiger partial charge < -0.3 is 20.5 Å². The van der Waals surface area contributed by atoms with Gasteiger partial charge in [0, 0.05) is 35.6 Å². The van der Waals surface area contributed by atoms with Gasteiger partial charge in [-0.15, -0.1) is 11.3 Å². The van der Waals surface area contributed by atoms with Gasteiger partial charge in [0.05, 0.1) is 36.6 Å². The van der Waals surface area contributed by atoms with Crippen LogP contribution in [0.5, 0.6) is 5.75 Å². The van der Waals surface area contributed by atoms with E-state index in [9.17, 15) is 4.79 Å². The Labute approximate surface area is 173 Å². The van der Waals surface area contributed by atoms with Crippen LogP contribution in [0.4, 0.5) is 5.69 Å². The highest BCUT2D eigenvalue weighted by molar-refractivity contribution is 7.09. The van der Waals surface area contributed by atoms with Crippen molar-refractivity contribution in [2.75, 3.05) is 26.1 Å². The Morgan fingerprint density at radius 2 is 2.14 bits per heavy atom. The zero-order valence-corrected chi connectivity index (χ0v) is 17.3. The lowest BCUT2D eigenvalue weighted by atomic mass is 9.89. The monoisotopic (exact) mass is 421 g/mol. The van der Waals surface area contributed by atoms with Crippen molar-refractivity contribution >= 4 is 34.5 Å². The van der Waals surface area contributed by atoms with Crippen LogP contribution in [-0.4, -0.2) is 49.3 Å². The SMILES string of the molecule is COc1cc(N)c(Cl)cc1C(=O)NC1CC2COCC(C1)N2Cc1cccs1. The van der Waals surface area contributed by atoms with E-state index in [0.717, 1.165) is 19.4 Å². The van der Waals surface area contributed by atoms with Crippen LogP contribution in [0, 0.1) is 0 Å². The summed E-state index contributed by atoms with van der Waals surface area (Å²) in [6.07, 6.45) is 1.72. The molecule has 1 aromatic heterocycles. The number of nitrogens with two attached hydrogens (primary N) is 1. The molecule has 0 aliphatic carbocycles. The third-order valence-electron chi connectivity index (χ3n) is 5.49. The summed E-state index contributed by atoms with van der Waals surface area (Å²) in [4.78, 5) is 16.8. The van der Waals surface area contributed by atoms with Crippen molar-refractivity contribution in [3.63, 3.8) is 0 Å². The summed E-state index contributed by atoms with van der Waals surface area (Å²) in [5.41, 5.74) is 6.62. The fraction of sp³-hybridized carbons (Fsp3) is 0.450. The fourth-order valence-electron chi connectivity index (χ4n) is 4.13. The molecule has 2 saturated heterocycles. The third-order valence-corrected chi connectivity index (χ3v) is 6.68. The van der Waals surface area contributed by atoms with Crippen molar-refractivity contribution in [3.05, 3.63) is 45.1 Å². The lowest BCUT2D eigenvalue weighted by molar-refractivity contribution is -0.0839. The molecule has 150 valence electrons. The van der Waals surface area contributed by atoms with Crippen LogP contribution in [0.1, 0.15) is 28.1 Å². The van der Waals surface area contributed by atoms with E-state index in [1.54, 1.807) is 23.5 Å². The molecular formula is C20H24ClN3O3S. The second-order valence-corrected chi connectivity index (χ2v) is 8.75. The number of piperidine rings is 1. The maximum atomic E-state index is 12.9. The van der Waals surface area contributed by atoms with Gasteiger partial charge in [0.2, 0.25) is 0 Å². The normalized spacial score (nSPS) is 24.7. The number of morpholine rings is 1. The molecule has 8 heteroatoms. The number of rotatable bonds is 5. The molecular weight excluding hydrogens is 398 g/mol. The van der Waals surface area contributed by atoms with Crippen LogP contribution in [0.2, 0.25) is 5.02 Å². The van der Waals surface area contributed by atoms with Crippen molar-refractivity contribution in [3.8, 4) is 5.75 Å². The Hall–Kier alpha value is -1.80. The van der Waals surface area contributed by atoms with Crippen LogP contribution >= 0.6 is 22.9 Å². The van der Waals surface area contributed by atoms with Crippen LogP contribution in [0.3, 0.4) is 0 Å². The summed E-state index contributed by atoms with van der Waals surface area (Å²) in [6, 6.07) is 8.11. The lowest BCUT2D eigenvalue weighted by Crippen LogP contribution is -2.60. The van der Waals surface area contributed by atoms with Gasteiger partial charge in [-0.05, 0) is 30.4 Å². The molecule has 2 aliphatic heterocycles. The number of thiophene rings is 1. The molecule has 2 aliphatic rings. The van der Waals surface area contributed by atoms with Gasteiger partial charge in [0.15, 0.2) is 0 Å². The Morgan fingerprint density at radius 3 is 2.79 bits per heavy atom. The smallest absolute Gasteiger partial charge is 0.255 e. The van der Waals surface area contributed by atoms with E-state index in [4.69, 9.17) is 26.8 Å². The molecule has 4 rings (SSSR count). The molecule has 0 saturated carbocycles. The summed E-state index contributed by atoms with van der Waals surface area (Å²) in [6.45, 7) is 2.34. The van der Waals surface area contributed by atoms with E-state index in [-0.39, 0.29) is 11.9 Å². The maximum absolute atomic E-state index is 12.9. The number of carbonyl (C=O) groups excluding carboxylic acids is 1. The predicted molar refractivity (Wildman–Crippen MR) is 111 cm³/mol. The number of halogens is 1. The molecule has 0 radical (unpaired) electrons. The van der Waals surface area contributed by atoms with E-state index >= 15 is 0 Å². The van der Waals surface area contributed by atoms with Crippen molar-refractivity contribution in [1.82, 2.24) is 10.2 Å². The van der Waals surface area contributed by atoms with Gasteiger partial charge in [0.25, 0.3) is 5.91 Å². The molecule has 2 bridgehead atoms. The number of benzene rings is 1. The number of anilines is 1. The Kier molecular flexibility index (Phi) is 5.78. The molecule has 1 aromatic carbocycles. The summed E-state index contributed by atoms with van der Waals surface area (Å²) in [5.74, 6) is 0.243. The fourth-order valence-corrected chi connectivity index (χ4v) is 5.00. The number of nitrogen functional groups attached to an aromatic ring is 1. The number of nitrogens with zero attached hydrogens (tertiary/aromatic N) is 1. The van der Waals surface area contributed by atoms with Crippen molar-refractivity contribution in [1.29, 1.82) is 0 Å². The summed E-state index contributed by atoms with van der Waals surface area (Å²) < 4.78 is 11.1. The minimum absolute atomic E-state index is 0.0898. The lowest BCUT2D eigenvalue weighted by Gasteiger charge is -2.48. The molecule has 3 N–H and O–H groups in total. The standard InChI is InChI=1S/C20H24ClN3O3S/c1-26-19-8-18(22)17(21)7-16(19)20(25)23-12-5-13-10-27-11-14(6-12)24(13)9-15-3-2-4-28-15/h2-4,7-8,12-14H,5-6,9-11,22H2,1H3,(H,23,25). The van der Waals surface area contributed by atoms with Crippen LogP contribution < -0.4 is 15.8 Å². The zero-order chi connectivity index (χ0) is 19.7. The number of fused-ring (bicyclic) bond motifs is 2. The number of nitrogens with one attached hydrogen (secondary N) is 1. The number of ether oxygens (including phenoxy) is 2. The van der Waals surface area contributed by atoms with E-state index in [2.05, 4.69) is 27.7 Å². The number of hydrogen-bond donors (Lipinski definition) is 2. The van der Waals surface area contributed by atoms with Crippen molar-refractivity contribution < 1.29 is 14.3 Å². The summed E-state index contributed by atoms with van der Waals surface area (Å²) in [5, 5.41) is 5.63. The van der Waals surface area contributed by atoms with Gasteiger partial charge in [0.1, 0.15) is 5.75 Å². The first-order chi connectivity index (χ1) is 13.5. The second kappa shape index (κ2) is 8.29. The highest BCUT2D eigenvalue weighted by Crippen LogP contribution is 2.32. The van der Waals surface area contributed by atoms with E-state index in [1.165, 1.54) is 12.0 Å². The number of carbonyl (C=O) groups is 1. The van der Waals surface area contributed by atoms with Crippen LogP contribution in [0.25, 0.3) is 0 Å². The third kappa shape index (κ3) is 3.98. The van der Waals surface area contributed by atoms with Crippen LogP contribution in [0.15, 0.2) is 29.6 Å². The van der Waals surface area contributed by atoms with E-state index < -0.39 is 0 Å². The summed E-state index contributed by atoms with van der Waals surface area (Å²) in [7, 11) is 1.52. The van der Waals surface area contributed by atoms with Gasteiger partial charge >= 0.3 is 0 Å². The van der Waals surface area contributed by atoms with Crippen LogP contribution in [-0.2, 0) is 11.3 Å². The van der Waals surface area contributed by atoms with Crippen molar-refractivity contribution in [2.24, 2.45) is 0 Å². The highest BCUT2D eigenvalue weighted by atomic mass is 35.5.